The molecule has 1 N–H and O–H groups in total. The lowest BCUT2D eigenvalue weighted by Gasteiger charge is -2.28. The van der Waals surface area contributed by atoms with E-state index in [0.29, 0.717) is 0 Å². The first kappa shape index (κ1) is 14.8. The normalized spacial score (nSPS) is 17.6. The highest BCUT2D eigenvalue weighted by molar-refractivity contribution is 8.32. The number of methoxy groups -OCH3 is 1. The largest absolute Gasteiger partial charge is 0.496 e. The summed E-state index contributed by atoms with van der Waals surface area (Å²) in [6, 6.07) is 4.57. The Hall–Kier alpha value is -1.13. The summed E-state index contributed by atoms with van der Waals surface area (Å²) in [5.74, 6) is 1.05. The van der Waals surface area contributed by atoms with Crippen LogP contribution in [0.4, 0.5) is 0 Å². The van der Waals surface area contributed by atoms with Gasteiger partial charge in [-0.2, -0.15) is 0 Å². The second-order valence-electron chi connectivity index (χ2n) is 6.77. The van der Waals surface area contributed by atoms with Crippen molar-refractivity contribution in [1.82, 2.24) is 9.88 Å². The Balaban J connectivity index is 2.18. The van der Waals surface area contributed by atoms with Gasteiger partial charge in [-0.25, -0.2) is 10.0 Å². The first-order valence-corrected chi connectivity index (χ1v) is 10.3. The summed E-state index contributed by atoms with van der Waals surface area (Å²) >= 11 is 0. The summed E-state index contributed by atoms with van der Waals surface area (Å²) in [6.45, 7) is 2.27. The molecule has 1 aliphatic heterocycles. The summed E-state index contributed by atoms with van der Waals surface area (Å²) in [5, 5.41) is 1.35. The van der Waals surface area contributed by atoms with E-state index in [0.717, 1.165) is 31.7 Å². The maximum absolute atomic E-state index is 5.69. The fourth-order valence-corrected chi connectivity index (χ4v) is 4.38. The van der Waals surface area contributed by atoms with Gasteiger partial charge in [-0.1, -0.05) is 0 Å². The molecule has 0 aliphatic carbocycles. The van der Waals surface area contributed by atoms with Crippen LogP contribution in [0.25, 0.3) is 10.9 Å². The Morgan fingerprint density at radius 2 is 1.86 bits per heavy atom. The van der Waals surface area contributed by atoms with Crippen LogP contribution < -0.4 is 4.74 Å². The number of hydrogen-bond acceptors (Lipinski definition) is 2. The van der Waals surface area contributed by atoms with E-state index in [-0.39, 0.29) is 0 Å². The highest BCUT2D eigenvalue weighted by Gasteiger charge is 2.21. The SMILES string of the molecule is COc1cc2c3c([nH]c2cc1S(C)(C)C)CCN(C)CC3. The highest BCUT2D eigenvalue weighted by Crippen LogP contribution is 2.51. The number of benzene rings is 1. The molecule has 1 aromatic carbocycles. The molecule has 21 heavy (non-hydrogen) atoms. The van der Waals surface area contributed by atoms with Gasteiger partial charge in [0, 0.05) is 41.0 Å². The van der Waals surface area contributed by atoms with Gasteiger partial charge in [0.2, 0.25) is 0 Å². The third-order valence-corrected chi connectivity index (χ3v) is 6.06. The Labute approximate surface area is 129 Å². The summed E-state index contributed by atoms with van der Waals surface area (Å²) in [7, 11) is 3.18. The molecule has 2 heterocycles. The third-order valence-electron chi connectivity index (χ3n) is 4.43. The quantitative estimate of drug-likeness (QED) is 0.922. The maximum Gasteiger partial charge on any atom is 0.131 e. The molecular weight excluding hydrogens is 280 g/mol. The van der Waals surface area contributed by atoms with E-state index in [2.05, 4.69) is 47.8 Å². The van der Waals surface area contributed by atoms with Gasteiger partial charge in [-0.05, 0) is 49.9 Å². The average Bonchev–Trinajstić information content (AvgIpc) is 2.66. The van der Waals surface area contributed by atoms with Gasteiger partial charge in [0.1, 0.15) is 5.75 Å². The van der Waals surface area contributed by atoms with Gasteiger partial charge in [0.05, 0.1) is 7.11 Å². The second-order valence-corrected chi connectivity index (χ2v) is 10.9. The first-order valence-electron chi connectivity index (χ1n) is 7.48. The number of likely N-dealkylation sites (N-methyl/N-ethyl adjacent to an activating group) is 1. The molecule has 116 valence electrons. The fourth-order valence-electron chi connectivity index (χ4n) is 3.17. The monoisotopic (exact) mass is 306 g/mol. The van der Waals surface area contributed by atoms with Crippen LogP contribution in [-0.2, 0) is 12.8 Å². The minimum Gasteiger partial charge on any atom is -0.496 e. The molecule has 4 heteroatoms. The maximum atomic E-state index is 5.69. The molecule has 0 atom stereocenters. The molecule has 0 saturated heterocycles. The van der Waals surface area contributed by atoms with Crippen molar-refractivity contribution < 1.29 is 4.74 Å². The van der Waals surface area contributed by atoms with Crippen LogP contribution in [0, 0.1) is 0 Å². The average molecular weight is 306 g/mol. The van der Waals surface area contributed by atoms with E-state index < -0.39 is 10.0 Å². The molecule has 0 radical (unpaired) electrons. The van der Waals surface area contributed by atoms with Crippen LogP contribution >= 0.6 is 10.0 Å². The third kappa shape index (κ3) is 2.67. The van der Waals surface area contributed by atoms with Gasteiger partial charge in [-0.3, -0.25) is 0 Å². The molecule has 0 unspecified atom stereocenters. The zero-order valence-corrected chi connectivity index (χ0v) is 14.6. The van der Waals surface area contributed by atoms with Crippen LogP contribution in [-0.4, -0.2) is 55.9 Å². The van der Waals surface area contributed by atoms with Gasteiger partial charge in [-0.15, -0.1) is 0 Å². The van der Waals surface area contributed by atoms with Crippen LogP contribution in [0.1, 0.15) is 11.3 Å². The summed E-state index contributed by atoms with van der Waals surface area (Å²) < 4.78 is 5.69. The van der Waals surface area contributed by atoms with Gasteiger partial charge >= 0.3 is 0 Å². The number of fused-ring (bicyclic) bond motifs is 3. The van der Waals surface area contributed by atoms with Crippen molar-refractivity contribution in [3.63, 3.8) is 0 Å². The number of nitrogens with one attached hydrogen (secondary N) is 1. The van der Waals surface area contributed by atoms with E-state index >= 15 is 0 Å². The Kier molecular flexibility index (Phi) is 3.70. The first-order chi connectivity index (χ1) is 9.90. The van der Waals surface area contributed by atoms with E-state index in [9.17, 15) is 0 Å². The van der Waals surface area contributed by atoms with Crippen molar-refractivity contribution in [1.29, 1.82) is 0 Å². The zero-order chi connectivity index (χ0) is 15.2. The Morgan fingerprint density at radius 3 is 2.52 bits per heavy atom. The number of rotatable bonds is 2. The summed E-state index contributed by atoms with van der Waals surface area (Å²) in [5.41, 5.74) is 4.18. The molecule has 1 aromatic heterocycles. The lowest BCUT2D eigenvalue weighted by atomic mass is 10.1. The number of nitrogens with zero attached hydrogens (tertiary/aromatic N) is 1. The number of hydrogen-bond donors (Lipinski definition) is 1. The summed E-state index contributed by atoms with van der Waals surface area (Å²) in [4.78, 5) is 7.43. The Bertz CT molecular complexity index is 669. The predicted octanol–water partition coefficient (Wildman–Crippen LogP) is 3.26. The predicted molar refractivity (Wildman–Crippen MR) is 93.4 cm³/mol. The molecule has 3 rings (SSSR count). The molecule has 1 aliphatic rings. The lowest BCUT2D eigenvalue weighted by molar-refractivity contribution is 0.352. The molecule has 3 nitrogen and oxygen atoms in total. The fraction of sp³-hybridized carbons (Fsp3) is 0.529. The van der Waals surface area contributed by atoms with E-state index in [1.54, 1.807) is 7.11 Å². The standard InChI is InChI=1S/C17H26N2OS/c1-19-8-6-12-13-10-16(20-2)17(21(3,4)5)11-15(13)18-14(12)7-9-19/h10-11,18H,6-9H2,1-5H3. The molecule has 0 bridgehead atoms. The molecule has 0 spiro atoms. The highest BCUT2D eigenvalue weighted by atomic mass is 32.3. The van der Waals surface area contributed by atoms with E-state index in [4.69, 9.17) is 4.74 Å². The smallest absolute Gasteiger partial charge is 0.131 e. The number of H-pyrrole nitrogens is 1. The van der Waals surface area contributed by atoms with E-state index in [1.165, 1.54) is 27.1 Å². The molecule has 2 aromatic rings. The molecule has 0 amide bonds. The number of ether oxygens (including phenoxy) is 1. The van der Waals surface area contributed by atoms with Crippen LogP contribution in [0.3, 0.4) is 0 Å². The van der Waals surface area contributed by atoms with Gasteiger partial charge < -0.3 is 14.6 Å². The minimum atomic E-state index is -0.808. The molecular formula is C17H26N2OS. The van der Waals surface area contributed by atoms with Crippen LogP contribution in [0.15, 0.2) is 17.0 Å². The zero-order valence-electron chi connectivity index (χ0n) is 13.7. The van der Waals surface area contributed by atoms with Crippen molar-refractivity contribution in [2.45, 2.75) is 17.7 Å². The molecule has 0 saturated carbocycles. The lowest BCUT2D eigenvalue weighted by Crippen LogP contribution is -2.21. The minimum absolute atomic E-state index is 0.808. The molecule has 0 fully saturated rings. The van der Waals surface area contributed by atoms with Gasteiger partial charge in [0.15, 0.2) is 0 Å². The van der Waals surface area contributed by atoms with Crippen molar-refractivity contribution in [2.75, 3.05) is 46.0 Å². The summed E-state index contributed by atoms with van der Waals surface area (Å²) in [6.07, 6.45) is 9.19. The van der Waals surface area contributed by atoms with E-state index in [1.807, 2.05) is 0 Å². The topological polar surface area (TPSA) is 28.3 Å². The van der Waals surface area contributed by atoms with Crippen LogP contribution in [0.5, 0.6) is 5.75 Å². The van der Waals surface area contributed by atoms with Crippen LogP contribution in [0.2, 0.25) is 0 Å². The van der Waals surface area contributed by atoms with Crippen molar-refractivity contribution in [3.8, 4) is 5.75 Å². The van der Waals surface area contributed by atoms with Crippen molar-refractivity contribution in [3.05, 3.63) is 23.4 Å². The van der Waals surface area contributed by atoms with Gasteiger partial charge in [0.25, 0.3) is 0 Å². The van der Waals surface area contributed by atoms with Crippen molar-refractivity contribution >= 4 is 20.9 Å². The number of aromatic amines is 1. The second kappa shape index (κ2) is 5.25. The Morgan fingerprint density at radius 1 is 1.14 bits per heavy atom. The van der Waals surface area contributed by atoms with Crippen molar-refractivity contribution in [2.24, 2.45) is 0 Å². The number of aromatic nitrogens is 1.